The van der Waals surface area contributed by atoms with Crippen LogP contribution in [0.25, 0.3) is 0 Å². The van der Waals surface area contributed by atoms with Crippen molar-refractivity contribution in [3.63, 3.8) is 0 Å². The minimum atomic E-state index is 0.262. The quantitative estimate of drug-likeness (QED) is 0.521. The lowest BCUT2D eigenvalue weighted by molar-refractivity contribution is 0.312. The summed E-state index contributed by atoms with van der Waals surface area (Å²) >= 11 is 0. The number of anilines is 2. The maximum atomic E-state index is 5.30. The van der Waals surface area contributed by atoms with Crippen LogP contribution in [0.4, 0.5) is 11.9 Å². The molecule has 0 aliphatic rings. The Morgan fingerprint density at radius 2 is 1.83 bits per heavy atom. The van der Waals surface area contributed by atoms with Gasteiger partial charge in [-0.1, -0.05) is 20.8 Å². The molecule has 0 unspecified atom stereocenters. The van der Waals surface area contributed by atoms with Crippen LogP contribution >= 0.6 is 0 Å². The lowest BCUT2D eigenvalue weighted by Gasteiger charge is -2.18. The van der Waals surface area contributed by atoms with Crippen LogP contribution in [0.3, 0.4) is 0 Å². The minimum Gasteiger partial charge on any atom is -0.464 e. The second kappa shape index (κ2) is 6.34. The van der Waals surface area contributed by atoms with Gasteiger partial charge in [0, 0.05) is 6.54 Å². The second-order valence-electron chi connectivity index (χ2n) is 5.08. The maximum absolute atomic E-state index is 5.30. The van der Waals surface area contributed by atoms with Crippen LogP contribution in [0, 0.1) is 5.41 Å². The molecule has 1 aromatic heterocycles. The van der Waals surface area contributed by atoms with E-state index in [1.165, 1.54) is 0 Å². The molecule has 0 saturated carbocycles. The highest BCUT2D eigenvalue weighted by molar-refractivity contribution is 5.34. The Morgan fingerprint density at radius 1 is 1.17 bits per heavy atom. The van der Waals surface area contributed by atoms with E-state index >= 15 is 0 Å². The predicted molar refractivity (Wildman–Crippen MR) is 71.4 cm³/mol. The summed E-state index contributed by atoms with van der Waals surface area (Å²) in [5.41, 5.74) is 2.65. The van der Waals surface area contributed by atoms with Crippen LogP contribution < -0.4 is 21.3 Å². The molecule has 0 radical (unpaired) electrons. The number of nitrogen functional groups attached to an aromatic ring is 1. The molecule has 0 aromatic carbocycles. The highest BCUT2D eigenvalue weighted by Gasteiger charge is 2.11. The number of hydrogen-bond acceptors (Lipinski definition) is 7. The zero-order valence-electron chi connectivity index (χ0n) is 11.4. The minimum absolute atomic E-state index is 0.262. The van der Waals surface area contributed by atoms with Gasteiger partial charge in [-0.2, -0.15) is 15.0 Å². The molecule has 4 N–H and O–H groups in total. The molecule has 0 bridgehead atoms. The number of rotatable bonds is 6. The summed E-state index contributed by atoms with van der Waals surface area (Å²) in [5, 5.41) is 3.14. The van der Waals surface area contributed by atoms with Gasteiger partial charge in [0.2, 0.25) is 11.9 Å². The molecule has 0 aliphatic carbocycles. The van der Waals surface area contributed by atoms with E-state index in [0.29, 0.717) is 12.6 Å². The summed E-state index contributed by atoms with van der Waals surface area (Å²) in [6.07, 6.45) is 1.01. The summed E-state index contributed by atoms with van der Waals surface area (Å²) in [6.45, 7) is 9.69. The zero-order valence-corrected chi connectivity index (χ0v) is 11.4. The van der Waals surface area contributed by atoms with Gasteiger partial charge in [-0.15, -0.1) is 0 Å². The summed E-state index contributed by atoms with van der Waals surface area (Å²) in [4.78, 5) is 12.2. The maximum Gasteiger partial charge on any atom is 0.323 e. The van der Waals surface area contributed by atoms with E-state index in [2.05, 4.69) is 46.5 Å². The normalized spacial score (nSPS) is 11.2. The fourth-order valence-corrected chi connectivity index (χ4v) is 1.24. The van der Waals surface area contributed by atoms with Crippen molar-refractivity contribution < 1.29 is 4.74 Å². The third-order valence-electron chi connectivity index (χ3n) is 2.18. The van der Waals surface area contributed by atoms with Gasteiger partial charge in [0.15, 0.2) is 0 Å². The van der Waals surface area contributed by atoms with E-state index in [1.54, 1.807) is 0 Å². The standard InChI is InChI=1S/C11H22N6O/c1-5-18-10-15-8(14-9(16-10)17-12)13-7-6-11(2,3)4/h5-7,12H2,1-4H3,(H2,13,14,15,16,17). The van der Waals surface area contributed by atoms with Gasteiger partial charge in [-0.3, -0.25) is 5.43 Å². The Labute approximate surface area is 108 Å². The van der Waals surface area contributed by atoms with Crippen molar-refractivity contribution in [3.05, 3.63) is 0 Å². The highest BCUT2D eigenvalue weighted by atomic mass is 16.5. The number of nitrogens with one attached hydrogen (secondary N) is 2. The van der Waals surface area contributed by atoms with E-state index in [1.807, 2.05) is 6.92 Å². The fraction of sp³-hybridized carbons (Fsp3) is 0.727. The third kappa shape index (κ3) is 5.13. The van der Waals surface area contributed by atoms with E-state index in [-0.39, 0.29) is 17.4 Å². The molecule has 18 heavy (non-hydrogen) atoms. The van der Waals surface area contributed by atoms with Gasteiger partial charge >= 0.3 is 6.01 Å². The van der Waals surface area contributed by atoms with Crippen molar-refractivity contribution in [2.75, 3.05) is 23.9 Å². The number of hydrazine groups is 1. The number of nitrogens with zero attached hydrogens (tertiary/aromatic N) is 3. The Balaban J connectivity index is 2.66. The van der Waals surface area contributed by atoms with Gasteiger partial charge in [-0.25, -0.2) is 5.84 Å². The zero-order chi connectivity index (χ0) is 13.6. The number of ether oxygens (including phenoxy) is 1. The lowest BCUT2D eigenvalue weighted by atomic mass is 9.92. The first-order valence-corrected chi connectivity index (χ1v) is 6.04. The van der Waals surface area contributed by atoms with Crippen molar-refractivity contribution >= 4 is 11.9 Å². The Morgan fingerprint density at radius 3 is 2.39 bits per heavy atom. The monoisotopic (exact) mass is 254 g/mol. The molecule has 1 heterocycles. The Kier molecular flexibility index (Phi) is 5.08. The molecule has 7 nitrogen and oxygen atoms in total. The lowest BCUT2D eigenvalue weighted by Crippen LogP contribution is -2.17. The number of hydrogen-bond donors (Lipinski definition) is 3. The van der Waals surface area contributed by atoms with Crippen molar-refractivity contribution in [1.82, 2.24) is 15.0 Å². The smallest absolute Gasteiger partial charge is 0.323 e. The summed E-state index contributed by atoms with van der Waals surface area (Å²) in [6, 6.07) is 0.263. The first kappa shape index (κ1) is 14.4. The highest BCUT2D eigenvalue weighted by Crippen LogP contribution is 2.18. The molecule has 7 heteroatoms. The number of nitrogens with two attached hydrogens (primary N) is 1. The van der Waals surface area contributed by atoms with Crippen molar-refractivity contribution in [1.29, 1.82) is 0 Å². The van der Waals surface area contributed by atoms with Crippen molar-refractivity contribution in [3.8, 4) is 6.01 Å². The molecule has 0 aliphatic heterocycles. The van der Waals surface area contributed by atoms with Crippen LogP contribution in [0.2, 0.25) is 0 Å². The molecule has 0 spiro atoms. The molecule has 0 fully saturated rings. The largest absolute Gasteiger partial charge is 0.464 e. The third-order valence-corrected chi connectivity index (χ3v) is 2.18. The SMILES string of the molecule is CCOc1nc(NN)nc(NCCC(C)(C)C)n1. The van der Waals surface area contributed by atoms with Gasteiger partial charge in [0.05, 0.1) is 6.61 Å². The summed E-state index contributed by atoms with van der Waals surface area (Å²) in [7, 11) is 0. The molecular formula is C11H22N6O. The molecule has 1 rings (SSSR count). The van der Waals surface area contributed by atoms with Crippen LogP contribution in [0.5, 0.6) is 6.01 Å². The van der Waals surface area contributed by atoms with E-state index < -0.39 is 0 Å². The molecular weight excluding hydrogens is 232 g/mol. The molecule has 0 atom stereocenters. The van der Waals surface area contributed by atoms with Crippen LogP contribution in [0.15, 0.2) is 0 Å². The first-order valence-electron chi connectivity index (χ1n) is 6.04. The van der Waals surface area contributed by atoms with Crippen molar-refractivity contribution in [2.24, 2.45) is 11.3 Å². The van der Waals surface area contributed by atoms with Crippen molar-refractivity contribution in [2.45, 2.75) is 34.1 Å². The van der Waals surface area contributed by atoms with Crippen LogP contribution in [-0.4, -0.2) is 28.1 Å². The van der Waals surface area contributed by atoms with E-state index in [9.17, 15) is 0 Å². The first-order chi connectivity index (χ1) is 8.44. The van der Waals surface area contributed by atoms with Crippen LogP contribution in [-0.2, 0) is 0 Å². The van der Waals surface area contributed by atoms with Gasteiger partial charge in [-0.05, 0) is 18.8 Å². The Hall–Kier alpha value is -1.63. The topological polar surface area (TPSA) is 98.0 Å². The molecule has 0 saturated heterocycles. The van der Waals surface area contributed by atoms with Crippen LogP contribution in [0.1, 0.15) is 34.1 Å². The van der Waals surface area contributed by atoms with E-state index in [4.69, 9.17) is 10.6 Å². The Bertz CT molecular complexity index is 376. The molecule has 0 amide bonds. The molecule has 102 valence electrons. The summed E-state index contributed by atoms with van der Waals surface area (Å²) in [5.74, 6) is 6.04. The molecule has 1 aromatic rings. The summed E-state index contributed by atoms with van der Waals surface area (Å²) < 4.78 is 5.24. The predicted octanol–water partition coefficient (Wildman–Crippen LogP) is 1.40. The van der Waals surface area contributed by atoms with Gasteiger partial charge < -0.3 is 10.1 Å². The fourth-order valence-electron chi connectivity index (χ4n) is 1.24. The second-order valence-corrected chi connectivity index (χ2v) is 5.08. The average Bonchev–Trinajstić information content (AvgIpc) is 2.27. The van der Waals surface area contributed by atoms with Gasteiger partial charge in [0.25, 0.3) is 0 Å². The average molecular weight is 254 g/mol. The van der Waals surface area contributed by atoms with Gasteiger partial charge in [0.1, 0.15) is 0 Å². The van der Waals surface area contributed by atoms with E-state index in [0.717, 1.165) is 13.0 Å². The number of aromatic nitrogens is 3.